The summed E-state index contributed by atoms with van der Waals surface area (Å²) in [6, 6.07) is 7.32. The number of aliphatic hydroxyl groups is 1. The van der Waals surface area contributed by atoms with Crippen LogP contribution in [0.1, 0.15) is 52.7 Å². The molecule has 22 heavy (non-hydrogen) atoms. The summed E-state index contributed by atoms with van der Waals surface area (Å²) in [4.78, 5) is 11.8. The van der Waals surface area contributed by atoms with Crippen LogP contribution in [0.15, 0.2) is 24.3 Å². The smallest absolute Gasteiger partial charge is 0.220 e. The zero-order chi connectivity index (χ0) is 16.7. The molecule has 0 aliphatic carbocycles. The summed E-state index contributed by atoms with van der Waals surface area (Å²) in [6.07, 6.45) is -0.0876. The van der Waals surface area contributed by atoms with Crippen LogP contribution in [0, 0.1) is 11.8 Å². The van der Waals surface area contributed by atoms with E-state index in [9.17, 15) is 9.90 Å². The molecule has 2 N–H and O–H groups in total. The van der Waals surface area contributed by atoms with Crippen LogP contribution >= 0.6 is 0 Å². The first-order valence-electron chi connectivity index (χ1n) is 8.01. The van der Waals surface area contributed by atoms with Crippen LogP contribution in [0.4, 0.5) is 0 Å². The van der Waals surface area contributed by atoms with Crippen molar-refractivity contribution in [2.45, 2.75) is 53.2 Å². The van der Waals surface area contributed by atoms with Crippen LogP contribution < -0.4 is 10.1 Å². The predicted octanol–water partition coefficient (Wildman–Crippen LogP) is 3.31. The van der Waals surface area contributed by atoms with E-state index in [1.54, 1.807) is 0 Å². The van der Waals surface area contributed by atoms with Gasteiger partial charge < -0.3 is 15.2 Å². The molecule has 0 aliphatic heterocycles. The minimum absolute atomic E-state index is 0.0139. The number of benzene rings is 1. The number of nitrogens with one attached hydrogen (secondary N) is 1. The van der Waals surface area contributed by atoms with E-state index in [1.165, 1.54) is 0 Å². The summed E-state index contributed by atoms with van der Waals surface area (Å²) < 4.78 is 5.56. The highest BCUT2D eigenvalue weighted by Crippen LogP contribution is 2.19. The van der Waals surface area contributed by atoms with Gasteiger partial charge in [0.05, 0.1) is 12.2 Å². The molecule has 0 fully saturated rings. The zero-order valence-electron chi connectivity index (χ0n) is 14.3. The first-order valence-corrected chi connectivity index (χ1v) is 8.01. The fraction of sp³-hybridized carbons (Fsp3) is 0.611. The second-order valence-corrected chi connectivity index (χ2v) is 6.48. The molecule has 124 valence electrons. The normalized spacial score (nSPS) is 14.0. The van der Waals surface area contributed by atoms with Gasteiger partial charge in [-0.15, -0.1) is 0 Å². The first-order chi connectivity index (χ1) is 10.3. The second kappa shape index (κ2) is 8.79. The zero-order valence-corrected chi connectivity index (χ0v) is 14.3. The second-order valence-electron chi connectivity index (χ2n) is 6.48. The molecule has 2 atom stereocenters. The SMILES string of the molecule is CC(C)Oc1ccc(C(O)CNC(=O)CC(C)C(C)C)cc1. The van der Waals surface area contributed by atoms with Gasteiger partial charge in [0.25, 0.3) is 0 Å². The van der Waals surface area contributed by atoms with E-state index in [1.807, 2.05) is 38.1 Å². The fourth-order valence-electron chi connectivity index (χ4n) is 1.97. The number of aliphatic hydroxyl groups excluding tert-OH is 1. The van der Waals surface area contributed by atoms with Crippen molar-refractivity contribution >= 4 is 5.91 Å². The van der Waals surface area contributed by atoms with Crippen LogP contribution in [0.25, 0.3) is 0 Å². The lowest BCUT2D eigenvalue weighted by Gasteiger charge is -2.17. The number of ether oxygens (including phenoxy) is 1. The molecule has 4 heteroatoms. The van der Waals surface area contributed by atoms with Crippen LogP contribution in [-0.4, -0.2) is 23.7 Å². The molecule has 0 bridgehead atoms. The summed E-state index contributed by atoms with van der Waals surface area (Å²) in [5.74, 6) is 1.58. The van der Waals surface area contributed by atoms with E-state index < -0.39 is 6.10 Å². The lowest BCUT2D eigenvalue weighted by molar-refractivity contribution is -0.122. The molecule has 0 aliphatic rings. The summed E-state index contributed by atoms with van der Waals surface area (Å²) in [5.41, 5.74) is 0.772. The van der Waals surface area contributed by atoms with Crippen molar-refractivity contribution in [3.63, 3.8) is 0 Å². The van der Waals surface area contributed by atoms with Crippen LogP contribution in [0.2, 0.25) is 0 Å². The molecule has 2 unspecified atom stereocenters. The summed E-state index contributed by atoms with van der Waals surface area (Å²) in [6.45, 7) is 10.4. The fourth-order valence-corrected chi connectivity index (χ4v) is 1.97. The molecule has 4 nitrogen and oxygen atoms in total. The van der Waals surface area contributed by atoms with Crippen molar-refractivity contribution in [1.29, 1.82) is 0 Å². The third-order valence-electron chi connectivity index (χ3n) is 3.77. The number of hydrogen-bond donors (Lipinski definition) is 2. The van der Waals surface area contributed by atoms with E-state index in [0.29, 0.717) is 18.3 Å². The van der Waals surface area contributed by atoms with Crippen molar-refractivity contribution < 1.29 is 14.6 Å². The van der Waals surface area contributed by atoms with Gasteiger partial charge in [0.2, 0.25) is 5.91 Å². The Labute approximate surface area is 133 Å². The molecule has 0 saturated heterocycles. The topological polar surface area (TPSA) is 58.6 Å². The number of carbonyl (C=O) groups is 1. The molecule has 0 spiro atoms. The third-order valence-corrected chi connectivity index (χ3v) is 3.77. The summed E-state index contributed by atoms with van der Waals surface area (Å²) in [7, 11) is 0. The van der Waals surface area contributed by atoms with Gasteiger partial charge in [-0.25, -0.2) is 0 Å². The molecule has 1 aromatic rings. The maximum Gasteiger partial charge on any atom is 0.220 e. The Morgan fingerprint density at radius 2 is 1.73 bits per heavy atom. The average molecular weight is 307 g/mol. The molecule has 0 saturated carbocycles. The first kappa shape index (κ1) is 18.5. The molecule has 1 aromatic carbocycles. The molecule has 1 rings (SSSR count). The minimum atomic E-state index is -0.702. The highest BCUT2D eigenvalue weighted by Gasteiger charge is 2.14. The van der Waals surface area contributed by atoms with Gasteiger partial charge in [-0.1, -0.05) is 32.9 Å². The predicted molar refractivity (Wildman–Crippen MR) is 88.8 cm³/mol. The molecule has 0 radical (unpaired) electrons. The lowest BCUT2D eigenvalue weighted by atomic mass is 9.94. The van der Waals surface area contributed by atoms with E-state index in [4.69, 9.17) is 4.74 Å². The van der Waals surface area contributed by atoms with Crippen molar-refractivity contribution in [3.05, 3.63) is 29.8 Å². The van der Waals surface area contributed by atoms with E-state index in [-0.39, 0.29) is 18.6 Å². The molecular formula is C18H29NO3. The maximum atomic E-state index is 11.8. The van der Waals surface area contributed by atoms with Gasteiger partial charge in [0.15, 0.2) is 0 Å². The Kier molecular flexibility index (Phi) is 7.39. The Morgan fingerprint density at radius 1 is 1.14 bits per heavy atom. The Hall–Kier alpha value is -1.55. The quantitative estimate of drug-likeness (QED) is 0.774. The minimum Gasteiger partial charge on any atom is -0.491 e. The Balaban J connectivity index is 2.45. The number of hydrogen-bond acceptors (Lipinski definition) is 3. The van der Waals surface area contributed by atoms with Crippen LogP contribution in [0.3, 0.4) is 0 Å². The van der Waals surface area contributed by atoms with Gasteiger partial charge in [-0.05, 0) is 43.4 Å². The third kappa shape index (κ3) is 6.48. The van der Waals surface area contributed by atoms with Crippen LogP contribution in [-0.2, 0) is 4.79 Å². The number of rotatable bonds is 8. The standard InChI is InChI=1S/C18H29NO3/c1-12(2)14(5)10-18(21)19-11-17(20)15-6-8-16(9-7-15)22-13(3)4/h6-9,12-14,17,20H,10-11H2,1-5H3,(H,19,21). The molecule has 1 amide bonds. The van der Waals surface area contributed by atoms with Crippen molar-refractivity contribution in [3.8, 4) is 5.75 Å². The van der Waals surface area contributed by atoms with Crippen molar-refractivity contribution in [2.24, 2.45) is 11.8 Å². The van der Waals surface area contributed by atoms with E-state index in [2.05, 4.69) is 26.1 Å². The molecule has 0 heterocycles. The largest absolute Gasteiger partial charge is 0.491 e. The highest BCUT2D eigenvalue weighted by molar-refractivity contribution is 5.76. The average Bonchev–Trinajstić information content (AvgIpc) is 2.44. The molecule has 0 aromatic heterocycles. The monoisotopic (exact) mass is 307 g/mol. The maximum absolute atomic E-state index is 11.8. The summed E-state index contributed by atoms with van der Waals surface area (Å²) in [5, 5.41) is 12.9. The Bertz CT molecular complexity index is 454. The van der Waals surface area contributed by atoms with Crippen molar-refractivity contribution in [2.75, 3.05) is 6.54 Å². The lowest BCUT2D eigenvalue weighted by Crippen LogP contribution is -2.30. The van der Waals surface area contributed by atoms with E-state index >= 15 is 0 Å². The van der Waals surface area contributed by atoms with Gasteiger partial charge in [0, 0.05) is 13.0 Å². The molecular weight excluding hydrogens is 278 g/mol. The van der Waals surface area contributed by atoms with E-state index in [0.717, 1.165) is 11.3 Å². The Morgan fingerprint density at radius 3 is 2.23 bits per heavy atom. The summed E-state index contributed by atoms with van der Waals surface area (Å²) >= 11 is 0. The van der Waals surface area contributed by atoms with Crippen LogP contribution in [0.5, 0.6) is 5.75 Å². The van der Waals surface area contributed by atoms with Gasteiger partial charge >= 0.3 is 0 Å². The number of carbonyl (C=O) groups excluding carboxylic acids is 1. The van der Waals surface area contributed by atoms with Gasteiger partial charge in [-0.3, -0.25) is 4.79 Å². The number of amides is 1. The van der Waals surface area contributed by atoms with Gasteiger partial charge in [-0.2, -0.15) is 0 Å². The van der Waals surface area contributed by atoms with Crippen molar-refractivity contribution in [1.82, 2.24) is 5.32 Å². The van der Waals surface area contributed by atoms with Gasteiger partial charge in [0.1, 0.15) is 5.75 Å². The highest BCUT2D eigenvalue weighted by atomic mass is 16.5.